The van der Waals surface area contributed by atoms with E-state index in [2.05, 4.69) is 52.5 Å². The Hall–Kier alpha value is -1.91. The van der Waals surface area contributed by atoms with Crippen molar-refractivity contribution in [1.29, 1.82) is 0 Å². The van der Waals surface area contributed by atoms with Gasteiger partial charge in [0.25, 0.3) is 0 Å². The van der Waals surface area contributed by atoms with Crippen LogP contribution in [0.25, 0.3) is 0 Å². The summed E-state index contributed by atoms with van der Waals surface area (Å²) in [6, 6.07) is 13.3. The first kappa shape index (κ1) is 17.9. The van der Waals surface area contributed by atoms with Crippen LogP contribution in [0.1, 0.15) is 36.1 Å². The quantitative estimate of drug-likeness (QED) is 0.873. The molecule has 1 aliphatic heterocycles. The molecular weight excluding hydrogens is 310 g/mol. The molecule has 1 aromatic heterocycles. The number of nitrogens with one attached hydrogen (secondary N) is 1. The van der Waals surface area contributed by atoms with Gasteiger partial charge in [0.05, 0.1) is 12.8 Å². The lowest BCUT2D eigenvalue weighted by Crippen LogP contribution is -2.35. The molecule has 2 aromatic rings. The van der Waals surface area contributed by atoms with Crippen LogP contribution in [-0.4, -0.2) is 36.1 Å². The first-order chi connectivity index (χ1) is 12.3. The Morgan fingerprint density at radius 2 is 2.08 bits per heavy atom. The predicted octanol–water partition coefficient (Wildman–Crippen LogP) is 3.54. The van der Waals surface area contributed by atoms with Crippen molar-refractivity contribution in [2.75, 3.05) is 20.2 Å². The van der Waals surface area contributed by atoms with Crippen LogP contribution >= 0.6 is 0 Å². The summed E-state index contributed by atoms with van der Waals surface area (Å²) in [5.41, 5.74) is 3.62. The van der Waals surface area contributed by atoms with Gasteiger partial charge in [-0.2, -0.15) is 0 Å². The molecule has 0 aliphatic carbocycles. The number of rotatable bonds is 6. The molecule has 1 fully saturated rings. The van der Waals surface area contributed by atoms with Gasteiger partial charge in [-0.05, 0) is 68.6 Å². The van der Waals surface area contributed by atoms with E-state index in [1.807, 2.05) is 12.3 Å². The number of ether oxygens (including phenoxy) is 1. The Morgan fingerprint density at radius 1 is 1.16 bits per heavy atom. The van der Waals surface area contributed by atoms with E-state index in [0.717, 1.165) is 37.6 Å². The minimum atomic E-state index is 0.587. The van der Waals surface area contributed by atoms with E-state index in [0.29, 0.717) is 6.04 Å². The second-order valence-electron chi connectivity index (χ2n) is 6.86. The Bertz CT molecular complexity index is 651. The van der Waals surface area contributed by atoms with Gasteiger partial charge in [-0.3, -0.25) is 9.88 Å². The van der Waals surface area contributed by atoms with Crippen LogP contribution in [0.5, 0.6) is 5.75 Å². The molecule has 4 nitrogen and oxygen atoms in total. The van der Waals surface area contributed by atoms with E-state index >= 15 is 0 Å². The highest BCUT2D eigenvalue weighted by Gasteiger charge is 2.21. The molecule has 1 atom stereocenters. The van der Waals surface area contributed by atoms with Gasteiger partial charge >= 0.3 is 0 Å². The van der Waals surface area contributed by atoms with Gasteiger partial charge in [0, 0.05) is 25.3 Å². The zero-order chi connectivity index (χ0) is 17.5. The molecule has 0 amide bonds. The van der Waals surface area contributed by atoms with Gasteiger partial charge in [0.1, 0.15) is 5.75 Å². The van der Waals surface area contributed by atoms with Crippen molar-refractivity contribution in [2.45, 2.75) is 45.3 Å². The third-order valence-corrected chi connectivity index (χ3v) is 5.01. The van der Waals surface area contributed by atoms with Crippen molar-refractivity contribution in [3.05, 3.63) is 59.4 Å². The number of nitrogens with zero attached hydrogens (tertiary/aromatic N) is 2. The van der Waals surface area contributed by atoms with E-state index in [1.165, 1.54) is 30.4 Å². The van der Waals surface area contributed by atoms with Gasteiger partial charge in [-0.1, -0.05) is 18.2 Å². The lowest BCUT2D eigenvalue weighted by molar-refractivity contribution is 0.162. The zero-order valence-electron chi connectivity index (χ0n) is 15.4. The van der Waals surface area contributed by atoms with Gasteiger partial charge in [-0.15, -0.1) is 0 Å². The van der Waals surface area contributed by atoms with Crippen LogP contribution in [0, 0.1) is 6.92 Å². The fourth-order valence-electron chi connectivity index (χ4n) is 3.58. The molecule has 1 aliphatic rings. The van der Waals surface area contributed by atoms with Gasteiger partial charge < -0.3 is 10.1 Å². The van der Waals surface area contributed by atoms with Crippen LogP contribution in [0.2, 0.25) is 0 Å². The molecule has 0 saturated carbocycles. The lowest BCUT2D eigenvalue weighted by atomic mass is 10.0. The fourth-order valence-corrected chi connectivity index (χ4v) is 3.58. The predicted molar refractivity (Wildman–Crippen MR) is 102 cm³/mol. The largest absolute Gasteiger partial charge is 0.496 e. The van der Waals surface area contributed by atoms with E-state index in [4.69, 9.17) is 4.74 Å². The Morgan fingerprint density at radius 3 is 2.88 bits per heavy atom. The molecule has 134 valence electrons. The third-order valence-electron chi connectivity index (χ3n) is 5.01. The summed E-state index contributed by atoms with van der Waals surface area (Å²) >= 11 is 0. The number of aromatic nitrogens is 1. The number of hydrogen-bond acceptors (Lipinski definition) is 4. The zero-order valence-corrected chi connectivity index (χ0v) is 15.4. The van der Waals surface area contributed by atoms with Crippen molar-refractivity contribution in [1.82, 2.24) is 15.2 Å². The number of aryl methyl sites for hydroxylation is 1. The summed E-state index contributed by atoms with van der Waals surface area (Å²) in [7, 11) is 1.74. The topological polar surface area (TPSA) is 37.4 Å². The van der Waals surface area contributed by atoms with E-state index in [9.17, 15) is 0 Å². The van der Waals surface area contributed by atoms with E-state index in [1.54, 1.807) is 7.11 Å². The second kappa shape index (κ2) is 8.97. The summed E-state index contributed by atoms with van der Waals surface area (Å²) in [6.45, 7) is 6.14. The molecule has 1 saturated heterocycles. The Labute approximate surface area is 151 Å². The summed E-state index contributed by atoms with van der Waals surface area (Å²) in [5.74, 6) is 0.970. The van der Waals surface area contributed by atoms with Crippen LogP contribution < -0.4 is 10.1 Å². The average molecular weight is 339 g/mol. The first-order valence-electron chi connectivity index (χ1n) is 9.24. The highest BCUT2D eigenvalue weighted by atomic mass is 16.5. The molecule has 1 N–H and O–H groups in total. The summed E-state index contributed by atoms with van der Waals surface area (Å²) in [6.07, 6.45) is 5.55. The number of methoxy groups -OCH3 is 1. The molecular formula is C21H29N3O. The van der Waals surface area contributed by atoms with Crippen molar-refractivity contribution in [2.24, 2.45) is 0 Å². The maximum absolute atomic E-state index is 5.51. The number of pyridine rings is 1. The van der Waals surface area contributed by atoms with Crippen molar-refractivity contribution in [3.63, 3.8) is 0 Å². The molecule has 4 heteroatoms. The van der Waals surface area contributed by atoms with Gasteiger partial charge in [-0.25, -0.2) is 0 Å². The molecule has 1 unspecified atom stereocenters. The normalized spacial score (nSPS) is 18.1. The van der Waals surface area contributed by atoms with Crippen molar-refractivity contribution >= 4 is 0 Å². The summed E-state index contributed by atoms with van der Waals surface area (Å²) in [4.78, 5) is 7.13. The Kier molecular flexibility index (Phi) is 6.42. The number of benzene rings is 1. The van der Waals surface area contributed by atoms with Crippen LogP contribution in [0.3, 0.4) is 0 Å². The van der Waals surface area contributed by atoms with Crippen LogP contribution in [-0.2, 0) is 13.1 Å². The van der Waals surface area contributed by atoms with E-state index < -0.39 is 0 Å². The molecule has 1 aromatic carbocycles. The van der Waals surface area contributed by atoms with Crippen LogP contribution in [0.4, 0.5) is 0 Å². The highest BCUT2D eigenvalue weighted by Crippen LogP contribution is 2.23. The molecule has 25 heavy (non-hydrogen) atoms. The fraction of sp³-hybridized carbons (Fsp3) is 0.476. The number of hydrogen-bond donors (Lipinski definition) is 1. The van der Waals surface area contributed by atoms with Gasteiger partial charge in [0.15, 0.2) is 0 Å². The molecule has 0 radical (unpaired) electrons. The molecule has 0 bridgehead atoms. The van der Waals surface area contributed by atoms with E-state index in [-0.39, 0.29) is 0 Å². The maximum atomic E-state index is 5.51. The molecule has 2 heterocycles. The smallest absolute Gasteiger partial charge is 0.122 e. The summed E-state index contributed by atoms with van der Waals surface area (Å²) in [5, 5.41) is 3.52. The third kappa shape index (κ3) is 5.03. The SMILES string of the molecule is COc1cc(CN(Cc2ccccn2)C2CCCNCC2)ccc1C. The maximum Gasteiger partial charge on any atom is 0.122 e. The van der Waals surface area contributed by atoms with Crippen molar-refractivity contribution < 1.29 is 4.74 Å². The van der Waals surface area contributed by atoms with Crippen molar-refractivity contribution in [3.8, 4) is 5.75 Å². The standard InChI is InChI=1S/C21H29N3O/c1-17-8-9-18(14-21(17)25-2)15-24(16-19-6-3-4-12-23-19)20-7-5-11-22-13-10-20/h3-4,6,8-9,12,14,20,22H,5,7,10-11,13,15-16H2,1-2H3. The highest BCUT2D eigenvalue weighted by molar-refractivity contribution is 5.36. The summed E-state index contributed by atoms with van der Waals surface area (Å²) < 4.78 is 5.51. The lowest BCUT2D eigenvalue weighted by Gasteiger charge is -2.31. The average Bonchev–Trinajstić information content (AvgIpc) is 2.93. The van der Waals surface area contributed by atoms with Gasteiger partial charge in [0.2, 0.25) is 0 Å². The minimum absolute atomic E-state index is 0.587. The van der Waals surface area contributed by atoms with Crippen LogP contribution in [0.15, 0.2) is 42.6 Å². The Balaban J connectivity index is 1.79. The minimum Gasteiger partial charge on any atom is -0.496 e. The first-order valence-corrected chi connectivity index (χ1v) is 9.24. The monoisotopic (exact) mass is 339 g/mol. The molecule has 3 rings (SSSR count). The second-order valence-corrected chi connectivity index (χ2v) is 6.86. The molecule has 0 spiro atoms.